The van der Waals surface area contributed by atoms with E-state index in [0.717, 1.165) is 17.5 Å². The molecule has 1 atom stereocenters. The van der Waals surface area contributed by atoms with E-state index >= 15 is 0 Å². The van der Waals surface area contributed by atoms with Crippen LogP contribution in [-0.2, 0) is 0 Å². The molecule has 1 unspecified atom stereocenters. The minimum atomic E-state index is 0.184. The SMILES string of the molecule is O=C1CC(C2=CC=CCC=C2)c2ccc(Cl)cc21. The lowest BCUT2D eigenvalue weighted by atomic mass is 9.92. The van der Waals surface area contributed by atoms with Crippen LogP contribution >= 0.6 is 11.6 Å². The van der Waals surface area contributed by atoms with Crippen molar-refractivity contribution in [1.29, 1.82) is 0 Å². The molecular formula is C16H13ClO. The first-order chi connectivity index (χ1) is 8.75. The van der Waals surface area contributed by atoms with Gasteiger partial charge in [-0.3, -0.25) is 4.79 Å². The smallest absolute Gasteiger partial charge is 0.164 e. The number of Topliss-reactive ketones (excluding diaryl/α,β-unsaturated/α-hetero) is 1. The van der Waals surface area contributed by atoms with E-state index in [-0.39, 0.29) is 11.7 Å². The number of carbonyl (C=O) groups excluding carboxylic acids is 1. The van der Waals surface area contributed by atoms with Gasteiger partial charge in [-0.25, -0.2) is 0 Å². The summed E-state index contributed by atoms with van der Waals surface area (Å²) in [6.45, 7) is 0. The summed E-state index contributed by atoms with van der Waals surface area (Å²) in [5.74, 6) is 0.379. The van der Waals surface area contributed by atoms with E-state index in [9.17, 15) is 4.79 Å². The maximum absolute atomic E-state index is 12.0. The molecule has 0 bridgehead atoms. The lowest BCUT2D eigenvalue weighted by Gasteiger charge is -2.11. The molecule has 0 heterocycles. The molecule has 0 radical (unpaired) electrons. The number of fused-ring (bicyclic) bond motifs is 1. The van der Waals surface area contributed by atoms with Crippen molar-refractivity contribution in [2.24, 2.45) is 0 Å². The van der Waals surface area contributed by atoms with Crippen LogP contribution < -0.4 is 0 Å². The van der Waals surface area contributed by atoms with Gasteiger partial charge in [0.05, 0.1) is 0 Å². The van der Waals surface area contributed by atoms with Crippen molar-refractivity contribution in [3.63, 3.8) is 0 Å². The molecule has 90 valence electrons. The fourth-order valence-electron chi connectivity index (χ4n) is 2.60. The van der Waals surface area contributed by atoms with Crippen LogP contribution in [0.3, 0.4) is 0 Å². The summed E-state index contributed by atoms with van der Waals surface area (Å²) in [7, 11) is 0. The lowest BCUT2D eigenvalue weighted by Crippen LogP contribution is -1.96. The van der Waals surface area contributed by atoms with Gasteiger partial charge in [0.1, 0.15) is 0 Å². The second kappa shape index (κ2) is 4.58. The number of rotatable bonds is 1. The Bertz CT molecular complexity index is 593. The third-order valence-corrected chi connectivity index (χ3v) is 3.73. The van der Waals surface area contributed by atoms with E-state index < -0.39 is 0 Å². The van der Waals surface area contributed by atoms with E-state index in [1.54, 1.807) is 6.07 Å². The minimum absolute atomic E-state index is 0.184. The van der Waals surface area contributed by atoms with Crippen LogP contribution in [0.25, 0.3) is 0 Å². The van der Waals surface area contributed by atoms with Crippen LogP contribution in [0.4, 0.5) is 0 Å². The van der Waals surface area contributed by atoms with Crippen molar-refractivity contribution in [1.82, 2.24) is 0 Å². The molecule has 2 heteroatoms. The molecule has 18 heavy (non-hydrogen) atoms. The van der Waals surface area contributed by atoms with Crippen molar-refractivity contribution in [2.75, 3.05) is 0 Å². The van der Waals surface area contributed by atoms with Gasteiger partial charge in [0.15, 0.2) is 5.78 Å². The van der Waals surface area contributed by atoms with E-state index in [1.165, 1.54) is 5.57 Å². The van der Waals surface area contributed by atoms with Gasteiger partial charge in [-0.15, -0.1) is 0 Å². The molecule has 0 aliphatic heterocycles. The van der Waals surface area contributed by atoms with Crippen LogP contribution in [0, 0.1) is 0 Å². The maximum Gasteiger partial charge on any atom is 0.164 e. The van der Waals surface area contributed by atoms with E-state index in [0.29, 0.717) is 11.4 Å². The van der Waals surface area contributed by atoms with Gasteiger partial charge >= 0.3 is 0 Å². The van der Waals surface area contributed by atoms with Gasteiger partial charge in [0.25, 0.3) is 0 Å². The normalized spacial score (nSPS) is 21.7. The molecule has 2 aliphatic rings. The third kappa shape index (κ3) is 1.95. The predicted octanol–water partition coefficient (Wildman–Crippen LogP) is 4.45. The molecular weight excluding hydrogens is 244 g/mol. The lowest BCUT2D eigenvalue weighted by molar-refractivity contribution is 0.0991. The number of ketones is 1. The van der Waals surface area contributed by atoms with Gasteiger partial charge < -0.3 is 0 Å². The Labute approximate surface area is 111 Å². The Morgan fingerprint density at radius 2 is 2.11 bits per heavy atom. The summed E-state index contributed by atoms with van der Waals surface area (Å²) >= 11 is 5.96. The highest BCUT2D eigenvalue weighted by atomic mass is 35.5. The number of benzene rings is 1. The second-order valence-corrected chi connectivity index (χ2v) is 5.08. The van der Waals surface area contributed by atoms with Gasteiger partial charge in [0.2, 0.25) is 0 Å². The molecule has 3 rings (SSSR count). The maximum atomic E-state index is 12.0. The van der Waals surface area contributed by atoms with E-state index in [1.807, 2.05) is 12.1 Å². The number of hydrogen-bond acceptors (Lipinski definition) is 1. The molecule has 0 N–H and O–H groups in total. The first-order valence-electron chi connectivity index (χ1n) is 6.11. The van der Waals surface area contributed by atoms with Crippen LogP contribution in [0.1, 0.15) is 34.7 Å². The monoisotopic (exact) mass is 256 g/mol. The molecule has 0 saturated carbocycles. The average molecular weight is 257 g/mol. The number of hydrogen-bond donors (Lipinski definition) is 0. The van der Waals surface area contributed by atoms with Crippen molar-refractivity contribution in [2.45, 2.75) is 18.8 Å². The summed E-state index contributed by atoms with van der Waals surface area (Å²) in [6, 6.07) is 5.63. The molecule has 1 aromatic carbocycles. The van der Waals surface area contributed by atoms with E-state index in [4.69, 9.17) is 11.6 Å². The molecule has 0 aromatic heterocycles. The summed E-state index contributed by atoms with van der Waals surface area (Å²) in [5, 5.41) is 0.632. The molecule has 0 fully saturated rings. The summed E-state index contributed by atoms with van der Waals surface area (Å²) in [4.78, 5) is 12.0. The van der Waals surface area contributed by atoms with E-state index in [2.05, 4.69) is 30.4 Å². The topological polar surface area (TPSA) is 17.1 Å². The quantitative estimate of drug-likeness (QED) is 0.725. The molecule has 1 aromatic rings. The van der Waals surface area contributed by atoms with Gasteiger partial charge in [0, 0.05) is 22.9 Å². The van der Waals surface area contributed by atoms with Crippen LogP contribution in [-0.4, -0.2) is 5.78 Å². The fraction of sp³-hybridized carbons (Fsp3) is 0.188. The molecule has 0 amide bonds. The second-order valence-electron chi connectivity index (χ2n) is 4.64. The summed E-state index contributed by atoms with van der Waals surface area (Å²) in [5.41, 5.74) is 3.10. The number of allylic oxidation sites excluding steroid dienone is 6. The summed E-state index contributed by atoms with van der Waals surface area (Å²) < 4.78 is 0. The predicted molar refractivity (Wildman–Crippen MR) is 74.1 cm³/mol. The zero-order valence-corrected chi connectivity index (χ0v) is 10.7. The van der Waals surface area contributed by atoms with Gasteiger partial charge in [-0.05, 0) is 29.7 Å². The van der Waals surface area contributed by atoms with Crippen molar-refractivity contribution in [3.8, 4) is 0 Å². The Hall–Kier alpha value is -1.60. The van der Waals surface area contributed by atoms with Crippen LogP contribution in [0.2, 0.25) is 5.02 Å². The standard InChI is InChI=1S/C16H13ClO/c17-12-7-8-13-14(10-16(18)15(13)9-12)11-5-3-1-2-4-6-11/h1,3-9,14H,2,10H2. The number of carbonyl (C=O) groups is 1. The zero-order valence-electron chi connectivity index (χ0n) is 9.90. The van der Waals surface area contributed by atoms with Gasteiger partial charge in [-0.1, -0.05) is 48.0 Å². The fourth-order valence-corrected chi connectivity index (χ4v) is 2.78. The third-order valence-electron chi connectivity index (χ3n) is 3.49. The van der Waals surface area contributed by atoms with Crippen molar-refractivity contribution >= 4 is 17.4 Å². The molecule has 2 aliphatic carbocycles. The Balaban J connectivity index is 2.05. The highest BCUT2D eigenvalue weighted by molar-refractivity contribution is 6.31. The van der Waals surface area contributed by atoms with Crippen molar-refractivity contribution in [3.05, 3.63) is 70.3 Å². The van der Waals surface area contributed by atoms with Crippen LogP contribution in [0.5, 0.6) is 0 Å². The highest BCUT2D eigenvalue weighted by Crippen LogP contribution is 2.40. The minimum Gasteiger partial charge on any atom is -0.294 e. The van der Waals surface area contributed by atoms with Crippen molar-refractivity contribution < 1.29 is 4.79 Å². The zero-order chi connectivity index (χ0) is 12.5. The number of halogens is 1. The Morgan fingerprint density at radius 3 is 3.00 bits per heavy atom. The first kappa shape index (κ1) is 11.5. The highest BCUT2D eigenvalue weighted by Gasteiger charge is 2.30. The summed E-state index contributed by atoms with van der Waals surface area (Å²) in [6.07, 6.45) is 12.0. The van der Waals surface area contributed by atoms with Crippen LogP contribution in [0.15, 0.2) is 54.2 Å². The van der Waals surface area contributed by atoms with Gasteiger partial charge in [-0.2, -0.15) is 0 Å². The molecule has 0 spiro atoms. The Morgan fingerprint density at radius 1 is 1.22 bits per heavy atom. The largest absolute Gasteiger partial charge is 0.294 e. The average Bonchev–Trinajstić information content (AvgIpc) is 2.58. The molecule has 0 saturated heterocycles. The Kier molecular flexibility index (Phi) is 2.92. The first-order valence-corrected chi connectivity index (χ1v) is 6.49. The molecule has 1 nitrogen and oxygen atoms in total.